The van der Waals surface area contributed by atoms with Gasteiger partial charge in [0.15, 0.2) is 4.80 Å². The Hall–Kier alpha value is -1.20. The first kappa shape index (κ1) is 11.3. The average molecular weight is 240 g/mol. The Kier molecular flexibility index (Phi) is 3.36. The number of fused-ring (bicyclic) bond motifs is 1. The van der Waals surface area contributed by atoms with E-state index in [4.69, 9.17) is 10.1 Å². The molecule has 0 spiro atoms. The molecule has 0 saturated heterocycles. The predicted molar refractivity (Wildman–Crippen MR) is 62.1 cm³/mol. The Balaban J connectivity index is 2.36. The molecule has 16 heavy (non-hydrogen) atoms. The lowest BCUT2D eigenvalue weighted by molar-refractivity contribution is 0.139. The molecule has 0 unspecified atom stereocenters. The van der Waals surface area contributed by atoms with Gasteiger partial charge in [-0.2, -0.15) is 0 Å². The number of rotatable bonds is 4. The van der Waals surface area contributed by atoms with Gasteiger partial charge in [-0.1, -0.05) is 11.3 Å². The molecule has 0 aliphatic heterocycles. The third-order valence-electron chi connectivity index (χ3n) is 2.33. The fourth-order valence-electron chi connectivity index (χ4n) is 1.58. The maximum absolute atomic E-state index is 13.0. The van der Waals surface area contributed by atoms with Crippen LogP contribution in [-0.2, 0) is 11.3 Å². The number of aromatic nitrogens is 1. The third-order valence-corrected chi connectivity index (χ3v) is 3.29. The number of nitrogens with one attached hydrogen (secondary N) is 1. The van der Waals surface area contributed by atoms with Gasteiger partial charge in [0.1, 0.15) is 5.82 Å². The summed E-state index contributed by atoms with van der Waals surface area (Å²) in [5.74, 6) is -0.259. The Morgan fingerprint density at radius 2 is 2.31 bits per heavy atom. The van der Waals surface area contributed by atoms with Gasteiger partial charge < -0.3 is 9.30 Å². The zero-order valence-electron chi connectivity index (χ0n) is 9.00. The molecule has 1 heterocycles. The summed E-state index contributed by atoms with van der Waals surface area (Å²) in [6.07, 6.45) is 0. The normalized spacial score (nSPS) is 11.1. The van der Waals surface area contributed by atoms with Crippen molar-refractivity contribution >= 4 is 21.6 Å². The Bertz CT molecular complexity index is 546. The molecule has 0 atom stereocenters. The summed E-state index contributed by atoms with van der Waals surface area (Å²) in [5, 5.41) is 7.81. The highest BCUT2D eigenvalue weighted by atomic mass is 32.1. The molecule has 2 aromatic rings. The molecule has 1 aromatic heterocycles. The van der Waals surface area contributed by atoms with E-state index in [0.29, 0.717) is 24.6 Å². The summed E-state index contributed by atoms with van der Waals surface area (Å²) in [6.45, 7) is 3.83. The SMILES string of the molecule is CCOCCn1c(=N)sc2cc(F)ccc21. The van der Waals surface area contributed by atoms with Crippen LogP contribution in [0.3, 0.4) is 0 Å². The molecule has 1 aromatic carbocycles. The molecular formula is C11H13FN2OS. The second-order valence-electron chi connectivity index (χ2n) is 3.37. The van der Waals surface area contributed by atoms with Gasteiger partial charge in [-0.15, -0.1) is 0 Å². The van der Waals surface area contributed by atoms with Crippen LogP contribution >= 0.6 is 11.3 Å². The van der Waals surface area contributed by atoms with E-state index in [1.54, 1.807) is 6.07 Å². The highest BCUT2D eigenvalue weighted by Gasteiger charge is 2.05. The molecule has 0 aliphatic carbocycles. The lowest BCUT2D eigenvalue weighted by Crippen LogP contribution is -2.16. The highest BCUT2D eigenvalue weighted by Crippen LogP contribution is 2.18. The van der Waals surface area contributed by atoms with Crippen LogP contribution < -0.4 is 4.80 Å². The van der Waals surface area contributed by atoms with E-state index in [1.165, 1.54) is 23.5 Å². The van der Waals surface area contributed by atoms with Crippen LogP contribution in [0.25, 0.3) is 10.2 Å². The number of nitrogens with zero attached hydrogens (tertiary/aromatic N) is 1. The zero-order chi connectivity index (χ0) is 11.5. The standard InChI is InChI=1S/C11H13FN2OS/c1-2-15-6-5-14-9-4-3-8(12)7-10(9)16-11(14)13/h3-4,7,13H,2,5-6H2,1H3. The topological polar surface area (TPSA) is 38.0 Å². The van der Waals surface area contributed by atoms with E-state index in [0.717, 1.165) is 10.2 Å². The molecular weight excluding hydrogens is 227 g/mol. The van der Waals surface area contributed by atoms with E-state index in [2.05, 4.69) is 0 Å². The predicted octanol–water partition coefficient (Wildman–Crippen LogP) is 2.36. The van der Waals surface area contributed by atoms with Crippen LogP contribution in [0.2, 0.25) is 0 Å². The van der Waals surface area contributed by atoms with E-state index >= 15 is 0 Å². The number of hydrogen-bond donors (Lipinski definition) is 1. The van der Waals surface area contributed by atoms with Crippen LogP contribution in [-0.4, -0.2) is 17.8 Å². The van der Waals surface area contributed by atoms with Gasteiger partial charge in [0.2, 0.25) is 0 Å². The monoisotopic (exact) mass is 240 g/mol. The van der Waals surface area contributed by atoms with Gasteiger partial charge in [0, 0.05) is 13.2 Å². The van der Waals surface area contributed by atoms with Crippen molar-refractivity contribution in [3.63, 3.8) is 0 Å². The largest absolute Gasteiger partial charge is 0.380 e. The van der Waals surface area contributed by atoms with E-state index in [9.17, 15) is 4.39 Å². The van der Waals surface area contributed by atoms with E-state index in [-0.39, 0.29) is 5.82 Å². The van der Waals surface area contributed by atoms with Crippen LogP contribution in [0, 0.1) is 11.2 Å². The van der Waals surface area contributed by atoms with Crippen molar-refractivity contribution < 1.29 is 9.13 Å². The van der Waals surface area contributed by atoms with Crippen LogP contribution in [0.15, 0.2) is 18.2 Å². The molecule has 0 amide bonds. The minimum absolute atomic E-state index is 0.259. The molecule has 0 bridgehead atoms. The molecule has 3 nitrogen and oxygen atoms in total. The fourth-order valence-corrected chi connectivity index (χ4v) is 2.55. The van der Waals surface area contributed by atoms with Crippen LogP contribution in [0.4, 0.5) is 4.39 Å². The van der Waals surface area contributed by atoms with E-state index in [1.807, 2.05) is 11.5 Å². The van der Waals surface area contributed by atoms with Crippen LogP contribution in [0.5, 0.6) is 0 Å². The van der Waals surface area contributed by atoms with Crippen LogP contribution in [0.1, 0.15) is 6.92 Å². The summed E-state index contributed by atoms with van der Waals surface area (Å²) >= 11 is 1.29. The summed E-state index contributed by atoms with van der Waals surface area (Å²) < 4.78 is 20.9. The fraction of sp³-hybridized carbons (Fsp3) is 0.364. The van der Waals surface area contributed by atoms with Crippen molar-refractivity contribution in [2.24, 2.45) is 0 Å². The van der Waals surface area contributed by atoms with Crippen molar-refractivity contribution in [1.29, 1.82) is 5.41 Å². The van der Waals surface area contributed by atoms with Gasteiger partial charge in [-0.25, -0.2) is 4.39 Å². The van der Waals surface area contributed by atoms with Gasteiger partial charge in [0.05, 0.1) is 16.8 Å². The molecule has 0 aliphatic rings. The van der Waals surface area contributed by atoms with Crippen molar-refractivity contribution in [3.05, 3.63) is 28.8 Å². The van der Waals surface area contributed by atoms with Crippen molar-refractivity contribution in [3.8, 4) is 0 Å². The number of hydrogen-bond acceptors (Lipinski definition) is 3. The number of halogens is 1. The lowest BCUT2D eigenvalue weighted by Gasteiger charge is -2.04. The minimum Gasteiger partial charge on any atom is -0.380 e. The van der Waals surface area contributed by atoms with Gasteiger partial charge >= 0.3 is 0 Å². The maximum Gasteiger partial charge on any atom is 0.182 e. The van der Waals surface area contributed by atoms with Gasteiger partial charge in [0.25, 0.3) is 0 Å². The molecule has 0 radical (unpaired) electrons. The second-order valence-corrected chi connectivity index (χ2v) is 4.40. The molecule has 0 fully saturated rings. The summed E-state index contributed by atoms with van der Waals surface area (Å²) in [4.78, 5) is 0.431. The molecule has 1 N–H and O–H groups in total. The summed E-state index contributed by atoms with van der Waals surface area (Å²) in [7, 11) is 0. The molecule has 86 valence electrons. The molecule has 5 heteroatoms. The third kappa shape index (κ3) is 2.15. The first-order chi connectivity index (χ1) is 7.72. The molecule has 0 saturated carbocycles. The van der Waals surface area contributed by atoms with Crippen molar-refractivity contribution in [2.45, 2.75) is 13.5 Å². The Morgan fingerprint density at radius 1 is 1.50 bits per heavy atom. The lowest BCUT2D eigenvalue weighted by atomic mass is 10.3. The average Bonchev–Trinajstić information content (AvgIpc) is 2.55. The first-order valence-corrected chi connectivity index (χ1v) is 5.95. The first-order valence-electron chi connectivity index (χ1n) is 5.13. The quantitative estimate of drug-likeness (QED) is 0.818. The number of thiazole rings is 1. The zero-order valence-corrected chi connectivity index (χ0v) is 9.81. The van der Waals surface area contributed by atoms with Crippen molar-refractivity contribution in [2.75, 3.05) is 13.2 Å². The summed E-state index contributed by atoms with van der Waals surface area (Å²) in [5.41, 5.74) is 0.899. The second kappa shape index (κ2) is 4.76. The summed E-state index contributed by atoms with van der Waals surface area (Å²) in [6, 6.07) is 4.60. The van der Waals surface area contributed by atoms with Gasteiger partial charge in [-0.3, -0.25) is 5.41 Å². The van der Waals surface area contributed by atoms with E-state index < -0.39 is 0 Å². The maximum atomic E-state index is 13.0. The smallest absolute Gasteiger partial charge is 0.182 e. The van der Waals surface area contributed by atoms with Crippen molar-refractivity contribution in [1.82, 2.24) is 4.57 Å². The molecule has 2 rings (SSSR count). The highest BCUT2D eigenvalue weighted by molar-refractivity contribution is 7.16. The Labute approximate surface area is 96.6 Å². The number of ether oxygens (including phenoxy) is 1. The minimum atomic E-state index is -0.259. The number of benzene rings is 1. The van der Waals surface area contributed by atoms with Gasteiger partial charge in [-0.05, 0) is 25.1 Å². The Morgan fingerprint density at radius 3 is 3.06 bits per heavy atom.